The van der Waals surface area contributed by atoms with Crippen LogP contribution in [0.15, 0.2) is 15.9 Å². The Morgan fingerprint density at radius 1 is 1.53 bits per heavy atom. The van der Waals surface area contributed by atoms with Gasteiger partial charge in [0.25, 0.3) is 0 Å². The third kappa shape index (κ3) is 3.53. The highest BCUT2D eigenvalue weighted by Crippen LogP contribution is 2.25. The Bertz CT molecular complexity index is 394. The van der Waals surface area contributed by atoms with Crippen molar-refractivity contribution in [2.24, 2.45) is 11.7 Å². The summed E-state index contributed by atoms with van der Waals surface area (Å²) >= 11 is 5.01. The molecule has 2 rings (SSSR count). The molecule has 1 amide bonds. The van der Waals surface area contributed by atoms with Crippen LogP contribution in [0.3, 0.4) is 0 Å². The first-order chi connectivity index (χ1) is 8.19. The van der Waals surface area contributed by atoms with E-state index in [0.29, 0.717) is 18.9 Å². The fourth-order valence-electron chi connectivity index (χ4n) is 2.37. The molecule has 0 bridgehead atoms. The lowest BCUT2D eigenvalue weighted by atomic mass is 10.0. The van der Waals surface area contributed by atoms with Crippen LogP contribution in [0.25, 0.3) is 0 Å². The van der Waals surface area contributed by atoms with Gasteiger partial charge in [-0.1, -0.05) is 6.42 Å². The zero-order chi connectivity index (χ0) is 12.3. The predicted octanol–water partition coefficient (Wildman–Crippen LogP) is 2.30. The van der Waals surface area contributed by atoms with Gasteiger partial charge < -0.3 is 11.1 Å². The van der Waals surface area contributed by atoms with Gasteiger partial charge in [-0.05, 0) is 53.4 Å². The lowest BCUT2D eigenvalue weighted by molar-refractivity contribution is -0.121. The second-order valence-corrected chi connectivity index (χ2v) is 7.03. The molecule has 1 aliphatic carbocycles. The molecule has 1 aromatic rings. The van der Waals surface area contributed by atoms with E-state index in [9.17, 15) is 4.79 Å². The molecule has 0 aliphatic heterocycles. The van der Waals surface area contributed by atoms with Crippen LogP contribution in [-0.4, -0.2) is 18.5 Å². The second-order valence-electron chi connectivity index (χ2n) is 4.48. The standard InChI is InChI=1S/C12H17BrN2OS/c13-11-5-4-9(17-11)6-12(16)15-10-3-1-2-8(10)7-14/h4-5,8,10H,1-3,6-7,14H2,(H,15,16). The molecular weight excluding hydrogens is 300 g/mol. The van der Waals surface area contributed by atoms with Crippen LogP contribution in [0.1, 0.15) is 24.1 Å². The fraction of sp³-hybridized carbons (Fsp3) is 0.583. The second kappa shape index (κ2) is 5.98. The van der Waals surface area contributed by atoms with E-state index in [1.807, 2.05) is 12.1 Å². The zero-order valence-electron chi connectivity index (χ0n) is 9.62. The smallest absolute Gasteiger partial charge is 0.225 e. The maximum atomic E-state index is 11.9. The van der Waals surface area contributed by atoms with Crippen molar-refractivity contribution in [1.29, 1.82) is 0 Å². The van der Waals surface area contributed by atoms with Gasteiger partial charge in [-0.2, -0.15) is 0 Å². The number of rotatable bonds is 4. The molecule has 5 heteroatoms. The van der Waals surface area contributed by atoms with Gasteiger partial charge in [-0.15, -0.1) is 11.3 Å². The minimum absolute atomic E-state index is 0.115. The molecule has 1 aliphatic rings. The van der Waals surface area contributed by atoms with Crippen LogP contribution in [0.2, 0.25) is 0 Å². The molecule has 0 saturated heterocycles. The number of carbonyl (C=O) groups is 1. The summed E-state index contributed by atoms with van der Waals surface area (Å²) in [7, 11) is 0. The number of nitrogens with one attached hydrogen (secondary N) is 1. The summed E-state index contributed by atoms with van der Waals surface area (Å²) in [6.07, 6.45) is 3.87. The minimum atomic E-state index is 0.115. The van der Waals surface area contributed by atoms with E-state index < -0.39 is 0 Å². The van der Waals surface area contributed by atoms with E-state index in [1.54, 1.807) is 11.3 Å². The van der Waals surface area contributed by atoms with E-state index in [1.165, 1.54) is 6.42 Å². The number of amides is 1. The third-order valence-electron chi connectivity index (χ3n) is 3.27. The molecular formula is C12H17BrN2OS. The minimum Gasteiger partial charge on any atom is -0.353 e. The van der Waals surface area contributed by atoms with Gasteiger partial charge >= 0.3 is 0 Å². The van der Waals surface area contributed by atoms with E-state index in [2.05, 4.69) is 21.2 Å². The molecule has 0 aromatic carbocycles. The summed E-state index contributed by atoms with van der Waals surface area (Å²) < 4.78 is 1.07. The Labute approximate surface area is 114 Å². The van der Waals surface area contributed by atoms with Crippen molar-refractivity contribution in [3.8, 4) is 0 Å². The molecule has 1 fully saturated rings. The maximum absolute atomic E-state index is 11.9. The number of halogens is 1. The molecule has 3 N–H and O–H groups in total. The molecule has 0 radical (unpaired) electrons. The van der Waals surface area contributed by atoms with Crippen LogP contribution < -0.4 is 11.1 Å². The monoisotopic (exact) mass is 316 g/mol. The fourth-order valence-corrected chi connectivity index (χ4v) is 3.85. The quantitative estimate of drug-likeness (QED) is 0.895. The number of thiophene rings is 1. The Balaban J connectivity index is 1.85. The molecule has 94 valence electrons. The average molecular weight is 317 g/mol. The highest BCUT2D eigenvalue weighted by atomic mass is 79.9. The number of carbonyl (C=O) groups excluding carboxylic acids is 1. The van der Waals surface area contributed by atoms with Crippen molar-refractivity contribution in [3.05, 3.63) is 20.8 Å². The highest BCUT2D eigenvalue weighted by Gasteiger charge is 2.27. The lowest BCUT2D eigenvalue weighted by Crippen LogP contribution is -2.40. The topological polar surface area (TPSA) is 55.1 Å². The Kier molecular flexibility index (Phi) is 4.59. The summed E-state index contributed by atoms with van der Waals surface area (Å²) in [5, 5.41) is 3.11. The highest BCUT2D eigenvalue weighted by molar-refractivity contribution is 9.11. The van der Waals surface area contributed by atoms with Crippen LogP contribution in [-0.2, 0) is 11.2 Å². The van der Waals surface area contributed by atoms with Gasteiger partial charge in [0, 0.05) is 10.9 Å². The van der Waals surface area contributed by atoms with E-state index in [4.69, 9.17) is 5.73 Å². The first-order valence-electron chi connectivity index (χ1n) is 5.92. The van der Waals surface area contributed by atoms with Crippen LogP contribution >= 0.6 is 27.3 Å². The third-order valence-corrected chi connectivity index (χ3v) is 4.90. The number of nitrogens with two attached hydrogens (primary N) is 1. The first-order valence-corrected chi connectivity index (χ1v) is 7.53. The van der Waals surface area contributed by atoms with Crippen LogP contribution in [0.5, 0.6) is 0 Å². The molecule has 17 heavy (non-hydrogen) atoms. The van der Waals surface area contributed by atoms with Gasteiger partial charge in [0.1, 0.15) is 0 Å². The van der Waals surface area contributed by atoms with Gasteiger partial charge in [0.05, 0.1) is 10.2 Å². The SMILES string of the molecule is NCC1CCCC1NC(=O)Cc1ccc(Br)s1. The molecule has 1 aromatic heterocycles. The molecule has 1 saturated carbocycles. The first kappa shape index (κ1) is 13.1. The van der Waals surface area contributed by atoms with Gasteiger partial charge in [0.2, 0.25) is 5.91 Å². The summed E-state index contributed by atoms with van der Waals surface area (Å²) in [5.74, 6) is 0.582. The molecule has 2 atom stereocenters. The van der Waals surface area contributed by atoms with E-state index >= 15 is 0 Å². The van der Waals surface area contributed by atoms with Crippen molar-refractivity contribution < 1.29 is 4.79 Å². The maximum Gasteiger partial charge on any atom is 0.225 e. The van der Waals surface area contributed by atoms with Crippen molar-refractivity contribution in [2.75, 3.05) is 6.54 Å². The largest absolute Gasteiger partial charge is 0.353 e. The van der Waals surface area contributed by atoms with Gasteiger partial charge in [-0.25, -0.2) is 0 Å². The summed E-state index contributed by atoms with van der Waals surface area (Å²) in [6, 6.07) is 4.26. The van der Waals surface area contributed by atoms with Gasteiger partial charge in [0.15, 0.2) is 0 Å². The Hall–Kier alpha value is -0.390. The summed E-state index contributed by atoms with van der Waals surface area (Å²) in [4.78, 5) is 13.0. The zero-order valence-corrected chi connectivity index (χ0v) is 12.0. The van der Waals surface area contributed by atoms with E-state index in [-0.39, 0.29) is 11.9 Å². The van der Waals surface area contributed by atoms with Gasteiger partial charge in [-0.3, -0.25) is 4.79 Å². The summed E-state index contributed by atoms with van der Waals surface area (Å²) in [5.41, 5.74) is 5.70. The Morgan fingerprint density at radius 3 is 3.00 bits per heavy atom. The van der Waals surface area contributed by atoms with Crippen molar-refractivity contribution >= 4 is 33.2 Å². The average Bonchev–Trinajstić information content (AvgIpc) is 2.87. The molecule has 2 unspecified atom stereocenters. The van der Waals surface area contributed by atoms with Crippen molar-refractivity contribution in [2.45, 2.75) is 31.7 Å². The van der Waals surface area contributed by atoms with Crippen LogP contribution in [0, 0.1) is 5.92 Å². The summed E-state index contributed by atoms with van der Waals surface area (Å²) in [6.45, 7) is 0.676. The molecule has 3 nitrogen and oxygen atoms in total. The van der Waals surface area contributed by atoms with Crippen LogP contribution in [0.4, 0.5) is 0 Å². The molecule has 1 heterocycles. The van der Waals surface area contributed by atoms with Crippen molar-refractivity contribution in [1.82, 2.24) is 5.32 Å². The number of hydrogen-bond donors (Lipinski definition) is 2. The lowest BCUT2D eigenvalue weighted by Gasteiger charge is -2.19. The normalized spacial score (nSPS) is 23.9. The van der Waals surface area contributed by atoms with Crippen molar-refractivity contribution in [3.63, 3.8) is 0 Å². The number of hydrogen-bond acceptors (Lipinski definition) is 3. The Morgan fingerprint density at radius 2 is 2.35 bits per heavy atom. The predicted molar refractivity (Wildman–Crippen MR) is 74.0 cm³/mol. The molecule has 0 spiro atoms. The van der Waals surface area contributed by atoms with E-state index in [0.717, 1.165) is 21.5 Å².